The van der Waals surface area contributed by atoms with Crippen molar-refractivity contribution in [2.75, 3.05) is 6.61 Å². The van der Waals surface area contributed by atoms with E-state index in [-0.39, 0.29) is 23.8 Å². The Morgan fingerprint density at radius 2 is 2.08 bits per heavy atom. The SMILES string of the molecule is CCO/C=C/c1nn(OC(=O)CCC(C)C)c(=O)cc1C(F)(F)F. The number of rotatable bonds is 7. The summed E-state index contributed by atoms with van der Waals surface area (Å²) < 4.78 is 43.8. The van der Waals surface area contributed by atoms with E-state index in [1.807, 2.05) is 13.8 Å². The number of hydrogen-bond acceptors (Lipinski definition) is 5. The van der Waals surface area contributed by atoms with Crippen LogP contribution in [0.3, 0.4) is 0 Å². The van der Waals surface area contributed by atoms with Gasteiger partial charge in [-0.2, -0.15) is 13.2 Å². The minimum Gasteiger partial charge on any atom is -0.501 e. The maximum atomic E-state index is 13.0. The highest BCUT2D eigenvalue weighted by Crippen LogP contribution is 2.30. The van der Waals surface area contributed by atoms with Crippen molar-refractivity contribution in [2.24, 2.45) is 5.92 Å². The summed E-state index contributed by atoms with van der Waals surface area (Å²) in [4.78, 5) is 28.3. The standard InChI is InChI=1S/C15H19F3N2O4/c1-4-23-8-7-12-11(15(16,17)18)9-13(21)20(19-12)24-14(22)6-5-10(2)3/h7-10H,4-6H2,1-3H3/b8-7+. The quantitative estimate of drug-likeness (QED) is 0.709. The van der Waals surface area contributed by atoms with Gasteiger partial charge in [0.1, 0.15) is 5.69 Å². The zero-order valence-electron chi connectivity index (χ0n) is 13.6. The lowest BCUT2D eigenvalue weighted by molar-refractivity contribution is -0.147. The molecule has 9 heteroatoms. The van der Waals surface area contributed by atoms with Gasteiger partial charge in [0.05, 0.1) is 18.4 Å². The van der Waals surface area contributed by atoms with Crippen LogP contribution >= 0.6 is 0 Å². The van der Waals surface area contributed by atoms with Crippen molar-refractivity contribution in [3.63, 3.8) is 0 Å². The fourth-order valence-corrected chi connectivity index (χ4v) is 1.63. The van der Waals surface area contributed by atoms with Gasteiger partial charge < -0.3 is 9.57 Å². The van der Waals surface area contributed by atoms with E-state index in [0.717, 1.165) is 12.3 Å². The first-order valence-corrected chi connectivity index (χ1v) is 7.36. The second-order valence-corrected chi connectivity index (χ2v) is 5.31. The molecule has 0 saturated heterocycles. The maximum Gasteiger partial charge on any atom is 0.418 e. The second-order valence-electron chi connectivity index (χ2n) is 5.31. The van der Waals surface area contributed by atoms with Crippen molar-refractivity contribution >= 4 is 12.0 Å². The van der Waals surface area contributed by atoms with Gasteiger partial charge in [0.15, 0.2) is 0 Å². The molecule has 1 heterocycles. The molecule has 0 bridgehead atoms. The van der Waals surface area contributed by atoms with Gasteiger partial charge in [0.25, 0.3) is 0 Å². The second kappa shape index (κ2) is 8.51. The Morgan fingerprint density at radius 1 is 1.42 bits per heavy atom. The van der Waals surface area contributed by atoms with E-state index >= 15 is 0 Å². The molecule has 1 aromatic heterocycles. The van der Waals surface area contributed by atoms with Crippen LogP contribution < -0.4 is 10.4 Å². The molecule has 0 fully saturated rings. The minimum atomic E-state index is -4.78. The normalized spacial score (nSPS) is 12.0. The Labute approximate surface area is 136 Å². The predicted octanol–water partition coefficient (Wildman–Crippen LogP) is 2.66. The number of carbonyl (C=O) groups excluding carboxylic acids is 1. The Bertz CT molecular complexity index is 651. The lowest BCUT2D eigenvalue weighted by Gasteiger charge is -2.12. The molecule has 0 unspecified atom stereocenters. The van der Waals surface area contributed by atoms with E-state index in [1.165, 1.54) is 0 Å². The van der Waals surface area contributed by atoms with Crippen molar-refractivity contribution in [1.29, 1.82) is 0 Å². The van der Waals surface area contributed by atoms with Crippen LogP contribution in [0, 0.1) is 5.92 Å². The van der Waals surface area contributed by atoms with Crippen LogP contribution in [-0.4, -0.2) is 22.5 Å². The number of ether oxygens (including phenoxy) is 1. The van der Waals surface area contributed by atoms with Crippen LogP contribution in [0.25, 0.3) is 6.08 Å². The highest BCUT2D eigenvalue weighted by molar-refractivity contribution is 5.69. The molecule has 0 saturated carbocycles. The summed E-state index contributed by atoms with van der Waals surface area (Å²) in [7, 11) is 0. The summed E-state index contributed by atoms with van der Waals surface area (Å²) >= 11 is 0. The van der Waals surface area contributed by atoms with E-state index < -0.39 is 29.0 Å². The van der Waals surface area contributed by atoms with E-state index in [2.05, 4.69) is 5.10 Å². The van der Waals surface area contributed by atoms with E-state index in [9.17, 15) is 22.8 Å². The molecule has 1 aromatic rings. The molecular formula is C15H19F3N2O4. The zero-order valence-corrected chi connectivity index (χ0v) is 13.6. The lowest BCUT2D eigenvalue weighted by atomic mass is 10.1. The number of aromatic nitrogens is 2. The fourth-order valence-electron chi connectivity index (χ4n) is 1.63. The third-order valence-corrected chi connectivity index (χ3v) is 2.84. The van der Waals surface area contributed by atoms with Crippen LogP contribution in [0.2, 0.25) is 0 Å². The number of hydrogen-bond donors (Lipinski definition) is 0. The Morgan fingerprint density at radius 3 is 2.62 bits per heavy atom. The van der Waals surface area contributed by atoms with Gasteiger partial charge in [-0.3, -0.25) is 4.79 Å². The molecule has 0 N–H and O–H groups in total. The molecule has 6 nitrogen and oxygen atoms in total. The average Bonchev–Trinajstić information content (AvgIpc) is 2.47. The first-order chi connectivity index (χ1) is 11.1. The number of alkyl halides is 3. The Balaban J connectivity index is 3.12. The summed E-state index contributed by atoms with van der Waals surface area (Å²) in [5.41, 5.74) is -3.01. The smallest absolute Gasteiger partial charge is 0.418 e. The van der Waals surface area contributed by atoms with Crippen LogP contribution in [-0.2, 0) is 15.7 Å². The molecule has 24 heavy (non-hydrogen) atoms. The summed E-state index contributed by atoms with van der Waals surface area (Å²) in [5.74, 6) is -0.516. The largest absolute Gasteiger partial charge is 0.501 e. The van der Waals surface area contributed by atoms with Crippen LogP contribution in [0.15, 0.2) is 17.1 Å². The van der Waals surface area contributed by atoms with Gasteiger partial charge in [-0.05, 0) is 24.1 Å². The van der Waals surface area contributed by atoms with Crippen molar-refractivity contribution in [1.82, 2.24) is 9.94 Å². The fraction of sp³-hybridized carbons (Fsp3) is 0.533. The maximum absolute atomic E-state index is 13.0. The summed E-state index contributed by atoms with van der Waals surface area (Å²) in [5, 5.41) is 3.45. The zero-order chi connectivity index (χ0) is 18.3. The monoisotopic (exact) mass is 348 g/mol. The van der Waals surface area contributed by atoms with Gasteiger partial charge in [0.2, 0.25) is 0 Å². The molecule has 0 aliphatic carbocycles. The molecule has 134 valence electrons. The van der Waals surface area contributed by atoms with Crippen LogP contribution in [0.5, 0.6) is 0 Å². The number of halogens is 3. The third kappa shape index (κ3) is 6.05. The summed E-state index contributed by atoms with van der Waals surface area (Å²) in [6.45, 7) is 5.69. The number of nitrogens with zero attached hydrogens (tertiary/aromatic N) is 2. The average molecular weight is 348 g/mol. The molecule has 0 aromatic carbocycles. The van der Waals surface area contributed by atoms with Crippen molar-refractivity contribution in [3.05, 3.63) is 33.9 Å². The molecule has 0 atom stereocenters. The van der Waals surface area contributed by atoms with Crippen LogP contribution in [0.4, 0.5) is 13.2 Å². The topological polar surface area (TPSA) is 70.4 Å². The van der Waals surface area contributed by atoms with Gasteiger partial charge in [-0.25, -0.2) is 4.79 Å². The van der Waals surface area contributed by atoms with E-state index in [0.29, 0.717) is 12.5 Å². The third-order valence-electron chi connectivity index (χ3n) is 2.84. The molecule has 0 aliphatic rings. The Kier molecular flexibility index (Phi) is 6.99. The minimum absolute atomic E-state index is 0.0247. The lowest BCUT2D eigenvalue weighted by Crippen LogP contribution is -2.34. The molecule has 1 rings (SSSR count). The highest BCUT2D eigenvalue weighted by atomic mass is 19.4. The molecular weight excluding hydrogens is 329 g/mol. The highest BCUT2D eigenvalue weighted by Gasteiger charge is 2.35. The van der Waals surface area contributed by atoms with Crippen molar-refractivity contribution < 1.29 is 27.5 Å². The summed E-state index contributed by atoms with van der Waals surface area (Å²) in [6.07, 6.45) is -2.27. The summed E-state index contributed by atoms with van der Waals surface area (Å²) in [6, 6.07) is 0.328. The van der Waals surface area contributed by atoms with E-state index in [1.54, 1.807) is 6.92 Å². The predicted molar refractivity (Wildman–Crippen MR) is 79.8 cm³/mol. The van der Waals surface area contributed by atoms with Gasteiger partial charge in [-0.15, -0.1) is 5.10 Å². The van der Waals surface area contributed by atoms with Gasteiger partial charge >= 0.3 is 17.7 Å². The van der Waals surface area contributed by atoms with Crippen molar-refractivity contribution in [3.8, 4) is 0 Å². The molecule has 0 spiro atoms. The number of carbonyl (C=O) groups is 1. The van der Waals surface area contributed by atoms with E-state index in [4.69, 9.17) is 9.57 Å². The molecule has 0 amide bonds. The first kappa shape index (κ1) is 19.7. The van der Waals surface area contributed by atoms with Gasteiger partial charge in [-0.1, -0.05) is 13.8 Å². The van der Waals surface area contributed by atoms with Gasteiger partial charge in [0, 0.05) is 18.6 Å². The molecule has 0 radical (unpaired) electrons. The first-order valence-electron chi connectivity index (χ1n) is 7.36. The Hall–Kier alpha value is -2.32. The van der Waals surface area contributed by atoms with Crippen molar-refractivity contribution in [2.45, 2.75) is 39.8 Å². The van der Waals surface area contributed by atoms with Crippen LogP contribution in [0.1, 0.15) is 44.9 Å². The molecule has 0 aliphatic heterocycles.